The van der Waals surface area contributed by atoms with Gasteiger partial charge in [0, 0.05) is 16.4 Å². The zero-order chi connectivity index (χ0) is 11.5. The summed E-state index contributed by atoms with van der Waals surface area (Å²) in [5.41, 5.74) is 14.4. The number of nitrogens with two attached hydrogens (primary N) is 2. The van der Waals surface area contributed by atoms with Crippen LogP contribution in [0.1, 0.15) is 0 Å². The second-order valence-corrected chi connectivity index (χ2v) is 3.92. The normalized spacial score (nSPS) is 10.1. The van der Waals surface area contributed by atoms with Crippen LogP contribution in [0.3, 0.4) is 0 Å². The van der Waals surface area contributed by atoms with Gasteiger partial charge < -0.3 is 16.8 Å². The molecule has 2 rings (SSSR count). The van der Waals surface area contributed by atoms with Crippen LogP contribution in [-0.2, 0) is 0 Å². The Hall–Kier alpha value is -1.87. The molecule has 0 aliphatic carbocycles. The molecule has 0 radical (unpaired) electrons. The molecule has 2 aromatic carbocycles. The number of benzene rings is 2. The van der Waals surface area contributed by atoms with E-state index in [1.807, 2.05) is 30.3 Å². The zero-order valence-electron chi connectivity index (χ0n) is 8.57. The van der Waals surface area contributed by atoms with Gasteiger partial charge in [0.1, 0.15) is 0 Å². The van der Waals surface area contributed by atoms with E-state index >= 15 is 0 Å². The Morgan fingerprint density at radius 3 is 2.50 bits per heavy atom. The van der Waals surface area contributed by atoms with Crippen LogP contribution in [0.5, 0.6) is 0 Å². The van der Waals surface area contributed by atoms with Crippen molar-refractivity contribution in [2.24, 2.45) is 0 Å². The molecule has 82 valence electrons. The van der Waals surface area contributed by atoms with Gasteiger partial charge in [0.15, 0.2) is 0 Å². The third-order valence-electron chi connectivity index (χ3n) is 2.18. The topological polar surface area (TPSA) is 64.1 Å². The van der Waals surface area contributed by atoms with Gasteiger partial charge in [-0.15, -0.1) is 0 Å². The van der Waals surface area contributed by atoms with Crippen LogP contribution in [-0.4, -0.2) is 0 Å². The first-order chi connectivity index (χ1) is 7.65. The molecule has 0 aliphatic heterocycles. The molecule has 0 bridgehead atoms. The number of hydrogen-bond acceptors (Lipinski definition) is 3. The highest BCUT2D eigenvalue weighted by Gasteiger charge is 2.00. The van der Waals surface area contributed by atoms with E-state index in [9.17, 15) is 0 Å². The van der Waals surface area contributed by atoms with Crippen LogP contribution in [0.15, 0.2) is 42.5 Å². The molecule has 0 saturated carbocycles. The van der Waals surface area contributed by atoms with Crippen molar-refractivity contribution >= 4 is 34.4 Å². The number of anilines is 4. The van der Waals surface area contributed by atoms with Crippen LogP contribution in [0.2, 0.25) is 5.02 Å². The Bertz CT molecular complexity index is 511. The Labute approximate surface area is 99.0 Å². The molecule has 0 atom stereocenters. The SMILES string of the molecule is Nc1ccc(Nc2cccc(Cl)c2)c(N)c1. The van der Waals surface area contributed by atoms with Crippen molar-refractivity contribution in [1.29, 1.82) is 0 Å². The van der Waals surface area contributed by atoms with Crippen molar-refractivity contribution in [3.63, 3.8) is 0 Å². The highest BCUT2D eigenvalue weighted by Crippen LogP contribution is 2.26. The summed E-state index contributed by atoms with van der Waals surface area (Å²) < 4.78 is 0. The molecule has 0 unspecified atom stereocenters. The minimum atomic E-state index is 0.611. The number of halogens is 1. The highest BCUT2D eigenvalue weighted by molar-refractivity contribution is 6.30. The largest absolute Gasteiger partial charge is 0.399 e. The predicted octanol–water partition coefficient (Wildman–Crippen LogP) is 3.25. The van der Waals surface area contributed by atoms with Gasteiger partial charge in [-0.25, -0.2) is 0 Å². The molecule has 0 aliphatic rings. The zero-order valence-corrected chi connectivity index (χ0v) is 9.33. The summed E-state index contributed by atoms with van der Waals surface area (Å²) in [6, 6.07) is 12.8. The number of nitrogen functional groups attached to an aromatic ring is 2. The molecule has 0 saturated heterocycles. The maximum absolute atomic E-state index is 5.88. The maximum atomic E-state index is 5.88. The summed E-state index contributed by atoms with van der Waals surface area (Å²) >= 11 is 5.88. The fourth-order valence-electron chi connectivity index (χ4n) is 1.42. The van der Waals surface area contributed by atoms with Gasteiger partial charge in [0.05, 0.1) is 11.4 Å². The van der Waals surface area contributed by atoms with Crippen molar-refractivity contribution in [1.82, 2.24) is 0 Å². The summed E-state index contributed by atoms with van der Waals surface area (Å²) in [6.07, 6.45) is 0. The minimum absolute atomic E-state index is 0.611. The van der Waals surface area contributed by atoms with Crippen LogP contribution in [0.4, 0.5) is 22.7 Å². The molecular formula is C12H12ClN3. The van der Waals surface area contributed by atoms with Crippen molar-refractivity contribution in [2.75, 3.05) is 16.8 Å². The quantitative estimate of drug-likeness (QED) is 0.698. The molecule has 0 aromatic heterocycles. The number of nitrogens with one attached hydrogen (secondary N) is 1. The van der Waals surface area contributed by atoms with E-state index in [4.69, 9.17) is 23.1 Å². The third kappa shape index (κ3) is 2.38. The molecular weight excluding hydrogens is 222 g/mol. The second-order valence-electron chi connectivity index (χ2n) is 3.48. The van der Waals surface area contributed by atoms with Gasteiger partial charge in [-0.05, 0) is 36.4 Å². The average Bonchev–Trinajstić information content (AvgIpc) is 2.22. The number of rotatable bonds is 2. The molecule has 0 spiro atoms. The van der Waals surface area contributed by atoms with Crippen molar-refractivity contribution in [3.05, 3.63) is 47.5 Å². The Kier molecular flexibility index (Phi) is 2.88. The summed E-state index contributed by atoms with van der Waals surface area (Å²) in [4.78, 5) is 0. The van der Waals surface area contributed by atoms with Crippen molar-refractivity contribution in [3.8, 4) is 0 Å². The van der Waals surface area contributed by atoms with E-state index in [2.05, 4.69) is 5.32 Å². The lowest BCUT2D eigenvalue weighted by atomic mass is 10.2. The average molecular weight is 234 g/mol. The van der Waals surface area contributed by atoms with Gasteiger partial charge in [-0.1, -0.05) is 17.7 Å². The summed E-state index contributed by atoms with van der Waals surface area (Å²) in [6.45, 7) is 0. The van der Waals surface area contributed by atoms with E-state index < -0.39 is 0 Å². The first-order valence-corrected chi connectivity index (χ1v) is 5.20. The second kappa shape index (κ2) is 4.33. The lowest BCUT2D eigenvalue weighted by Gasteiger charge is -2.09. The van der Waals surface area contributed by atoms with Crippen LogP contribution < -0.4 is 16.8 Å². The monoisotopic (exact) mass is 233 g/mol. The summed E-state index contributed by atoms with van der Waals surface area (Å²) in [5.74, 6) is 0. The van der Waals surface area contributed by atoms with Crippen LogP contribution in [0, 0.1) is 0 Å². The molecule has 3 nitrogen and oxygen atoms in total. The van der Waals surface area contributed by atoms with Crippen molar-refractivity contribution < 1.29 is 0 Å². The van der Waals surface area contributed by atoms with E-state index in [1.54, 1.807) is 12.1 Å². The standard InChI is InChI=1S/C12H12ClN3/c13-8-2-1-3-10(6-8)16-12-5-4-9(14)7-11(12)15/h1-7,16H,14-15H2. The molecule has 4 heteroatoms. The van der Waals surface area contributed by atoms with Crippen LogP contribution >= 0.6 is 11.6 Å². The Morgan fingerprint density at radius 1 is 1.00 bits per heavy atom. The first-order valence-electron chi connectivity index (χ1n) is 4.83. The first kappa shape index (κ1) is 10.6. The molecule has 16 heavy (non-hydrogen) atoms. The molecule has 0 heterocycles. The highest BCUT2D eigenvalue weighted by atomic mass is 35.5. The van der Waals surface area contributed by atoms with Gasteiger partial charge in [-0.3, -0.25) is 0 Å². The smallest absolute Gasteiger partial charge is 0.0619 e. The molecule has 2 aromatic rings. The van der Waals surface area contributed by atoms with Crippen molar-refractivity contribution in [2.45, 2.75) is 0 Å². The molecule has 5 N–H and O–H groups in total. The van der Waals surface area contributed by atoms with Gasteiger partial charge in [-0.2, -0.15) is 0 Å². The molecule has 0 amide bonds. The van der Waals surface area contributed by atoms with Crippen LogP contribution in [0.25, 0.3) is 0 Å². The fourth-order valence-corrected chi connectivity index (χ4v) is 1.61. The van der Waals surface area contributed by atoms with E-state index in [0.717, 1.165) is 11.4 Å². The lowest BCUT2D eigenvalue weighted by Crippen LogP contribution is -1.97. The molecule has 0 fully saturated rings. The minimum Gasteiger partial charge on any atom is -0.399 e. The summed E-state index contributed by atoms with van der Waals surface area (Å²) in [7, 11) is 0. The van der Waals surface area contributed by atoms with Gasteiger partial charge in [0.25, 0.3) is 0 Å². The van der Waals surface area contributed by atoms with E-state index in [0.29, 0.717) is 16.4 Å². The van der Waals surface area contributed by atoms with Gasteiger partial charge in [0.2, 0.25) is 0 Å². The third-order valence-corrected chi connectivity index (χ3v) is 2.41. The maximum Gasteiger partial charge on any atom is 0.0619 e. The van der Waals surface area contributed by atoms with E-state index in [1.165, 1.54) is 0 Å². The summed E-state index contributed by atoms with van der Waals surface area (Å²) in [5, 5.41) is 3.85. The predicted molar refractivity (Wildman–Crippen MR) is 70.0 cm³/mol. The number of hydrogen-bond donors (Lipinski definition) is 3. The Balaban J connectivity index is 2.27. The van der Waals surface area contributed by atoms with E-state index in [-0.39, 0.29) is 0 Å². The fraction of sp³-hybridized carbons (Fsp3) is 0. The Morgan fingerprint density at radius 2 is 1.81 bits per heavy atom. The lowest BCUT2D eigenvalue weighted by molar-refractivity contribution is 1.54. The van der Waals surface area contributed by atoms with Gasteiger partial charge >= 0.3 is 0 Å².